The Kier molecular flexibility index (Phi) is 8.73. The Morgan fingerprint density at radius 1 is 1.19 bits per heavy atom. The summed E-state index contributed by atoms with van der Waals surface area (Å²) >= 11 is 5.82. The molecular weight excluding hydrogens is 415 g/mol. The van der Waals surface area contributed by atoms with E-state index in [-0.39, 0.29) is 23.7 Å². The van der Waals surface area contributed by atoms with Crippen molar-refractivity contribution in [2.24, 2.45) is 5.92 Å². The molecule has 1 fully saturated rings. The van der Waals surface area contributed by atoms with Crippen molar-refractivity contribution in [3.63, 3.8) is 0 Å². The van der Waals surface area contributed by atoms with Crippen molar-refractivity contribution in [1.29, 1.82) is 0 Å². The maximum Gasteiger partial charge on any atom is 0.223 e. The fourth-order valence-corrected chi connectivity index (χ4v) is 4.06. The van der Waals surface area contributed by atoms with Crippen LogP contribution in [0.2, 0.25) is 5.02 Å². The number of carbonyl (C=O) groups is 1. The van der Waals surface area contributed by atoms with Crippen LogP contribution in [0, 0.1) is 11.7 Å². The third kappa shape index (κ3) is 7.51. The molecule has 1 amide bonds. The smallest absolute Gasteiger partial charge is 0.223 e. The van der Waals surface area contributed by atoms with Crippen LogP contribution in [0.15, 0.2) is 42.5 Å². The molecule has 2 aromatic carbocycles. The summed E-state index contributed by atoms with van der Waals surface area (Å²) in [6.07, 6.45) is 3.61. The van der Waals surface area contributed by atoms with Crippen molar-refractivity contribution in [3.05, 3.63) is 64.4 Å². The molecule has 4 nitrogen and oxygen atoms in total. The van der Waals surface area contributed by atoms with Gasteiger partial charge in [-0.2, -0.15) is 0 Å². The Bertz CT molecular complexity index is 849. The minimum absolute atomic E-state index is 0.0405. The summed E-state index contributed by atoms with van der Waals surface area (Å²) in [4.78, 5) is 14.7. The summed E-state index contributed by atoms with van der Waals surface area (Å²) < 4.78 is 19.7. The van der Waals surface area contributed by atoms with Crippen LogP contribution in [0.5, 0.6) is 5.75 Å². The largest absolute Gasteiger partial charge is 0.491 e. The number of piperidine rings is 1. The third-order valence-electron chi connectivity index (χ3n) is 5.60. The van der Waals surface area contributed by atoms with Crippen LogP contribution in [-0.2, 0) is 17.8 Å². The zero-order valence-electron chi connectivity index (χ0n) is 18.4. The maximum absolute atomic E-state index is 14.0. The van der Waals surface area contributed by atoms with Gasteiger partial charge in [0.15, 0.2) is 0 Å². The fraction of sp³-hybridized carbons (Fsp3) is 0.480. The molecule has 3 rings (SSSR count). The van der Waals surface area contributed by atoms with Gasteiger partial charge in [0.25, 0.3) is 0 Å². The van der Waals surface area contributed by atoms with Crippen molar-refractivity contribution >= 4 is 17.5 Å². The van der Waals surface area contributed by atoms with Gasteiger partial charge in [-0.15, -0.1) is 0 Å². The summed E-state index contributed by atoms with van der Waals surface area (Å²) in [6, 6.07) is 13.0. The predicted octanol–water partition coefficient (Wildman–Crippen LogP) is 5.23. The van der Waals surface area contributed by atoms with Crippen molar-refractivity contribution in [1.82, 2.24) is 10.2 Å². The average molecular weight is 447 g/mol. The first-order valence-electron chi connectivity index (χ1n) is 11.1. The first-order valence-corrected chi connectivity index (χ1v) is 11.5. The van der Waals surface area contributed by atoms with Crippen molar-refractivity contribution in [3.8, 4) is 5.75 Å². The molecule has 1 aliphatic heterocycles. The highest BCUT2D eigenvalue weighted by atomic mass is 35.5. The molecule has 6 heteroatoms. The lowest BCUT2D eigenvalue weighted by molar-refractivity contribution is -0.126. The molecule has 0 spiro atoms. The van der Waals surface area contributed by atoms with Gasteiger partial charge >= 0.3 is 0 Å². The number of carbonyl (C=O) groups excluding carboxylic acids is 1. The van der Waals surface area contributed by atoms with E-state index in [0.717, 1.165) is 44.5 Å². The maximum atomic E-state index is 14.0. The molecule has 0 saturated carbocycles. The van der Waals surface area contributed by atoms with E-state index < -0.39 is 0 Å². The molecule has 1 heterocycles. The zero-order chi connectivity index (χ0) is 22.2. The molecule has 168 valence electrons. The van der Waals surface area contributed by atoms with Gasteiger partial charge in [0.2, 0.25) is 5.91 Å². The van der Waals surface area contributed by atoms with Crippen molar-refractivity contribution < 1.29 is 13.9 Å². The van der Waals surface area contributed by atoms with Gasteiger partial charge in [-0.1, -0.05) is 29.8 Å². The quantitative estimate of drug-likeness (QED) is 0.536. The first kappa shape index (κ1) is 23.6. The van der Waals surface area contributed by atoms with E-state index >= 15 is 0 Å². The Labute approximate surface area is 189 Å². The highest BCUT2D eigenvalue weighted by Crippen LogP contribution is 2.22. The molecule has 1 aliphatic rings. The number of aryl methyl sites for hydroxylation is 1. The summed E-state index contributed by atoms with van der Waals surface area (Å²) in [5.41, 5.74) is 1.89. The van der Waals surface area contributed by atoms with Crippen LogP contribution in [0.3, 0.4) is 0 Å². The number of hydrogen-bond donors (Lipinski definition) is 1. The topological polar surface area (TPSA) is 41.6 Å². The van der Waals surface area contributed by atoms with Gasteiger partial charge in [0.05, 0.1) is 6.10 Å². The second-order valence-electron chi connectivity index (χ2n) is 8.49. The summed E-state index contributed by atoms with van der Waals surface area (Å²) in [6.45, 7) is 6.85. The number of ether oxygens (including phenoxy) is 1. The average Bonchev–Trinajstić information content (AvgIpc) is 2.74. The number of amides is 1. The lowest BCUT2D eigenvalue weighted by Gasteiger charge is -2.31. The van der Waals surface area contributed by atoms with Gasteiger partial charge < -0.3 is 10.1 Å². The molecule has 0 bridgehead atoms. The fourth-order valence-electron chi connectivity index (χ4n) is 3.90. The lowest BCUT2D eigenvalue weighted by atomic mass is 9.95. The Morgan fingerprint density at radius 3 is 2.55 bits per heavy atom. The number of benzene rings is 2. The zero-order valence-corrected chi connectivity index (χ0v) is 19.1. The van der Waals surface area contributed by atoms with Crippen LogP contribution < -0.4 is 10.1 Å². The normalized spacial score (nSPS) is 15.3. The molecule has 0 atom stereocenters. The lowest BCUT2D eigenvalue weighted by Crippen LogP contribution is -2.40. The SMILES string of the molecule is CC(C)Oc1ccc(CCCNC(=O)C2CCN(Cc3ccc(Cl)cc3F)CC2)cc1. The van der Waals surface area contributed by atoms with E-state index in [1.165, 1.54) is 11.6 Å². The minimum atomic E-state index is -0.269. The van der Waals surface area contributed by atoms with E-state index in [9.17, 15) is 9.18 Å². The second kappa shape index (κ2) is 11.5. The molecule has 1 saturated heterocycles. The number of nitrogens with zero attached hydrogens (tertiary/aromatic N) is 1. The van der Waals surface area contributed by atoms with Crippen molar-refractivity contribution in [2.45, 2.75) is 52.2 Å². The van der Waals surface area contributed by atoms with Crippen LogP contribution in [0.25, 0.3) is 0 Å². The van der Waals surface area contributed by atoms with Gasteiger partial charge in [-0.3, -0.25) is 9.69 Å². The highest BCUT2D eigenvalue weighted by molar-refractivity contribution is 6.30. The Balaban J connectivity index is 1.33. The number of hydrogen-bond acceptors (Lipinski definition) is 3. The number of nitrogens with one attached hydrogen (secondary N) is 1. The summed E-state index contributed by atoms with van der Waals surface area (Å²) in [7, 11) is 0. The third-order valence-corrected chi connectivity index (χ3v) is 5.84. The van der Waals surface area contributed by atoms with E-state index in [2.05, 4.69) is 22.3 Å². The van der Waals surface area contributed by atoms with Crippen molar-refractivity contribution in [2.75, 3.05) is 19.6 Å². The van der Waals surface area contributed by atoms with E-state index in [0.29, 0.717) is 23.7 Å². The molecule has 31 heavy (non-hydrogen) atoms. The molecule has 1 N–H and O–H groups in total. The van der Waals surface area contributed by atoms with Gasteiger partial charge in [-0.05, 0) is 82.4 Å². The number of rotatable bonds is 9. The second-order valence-corrected chi connectivity index (χ2v) is 8.93. The Hall–Kier alpha value is -2.11. The van der Waals surface area contributed by atoms with Gasteiger partial charge in [0.1, 0.15) is 11.6 Å². The van der Waals surface area contributed by atoms with Crippen LogP contribution >= 0.6 is 11.6 Å². The highest BCUT2D eigenvalue weighted by Gasteiger charge is 2.25. The van der Waals surface area contributed by atoms with E-state index in [4.69, 9.17) is 16.3 Å². The van der Waals surface area contributed by atoms with Crippen LogP contribution in [-0.4, -0.2) is 36.5 Å². The molecular formula is C25H32ClFN2O2. The van der Waals surface area contributed by atoms with Crippen LogP contribution in [0.4, 0.5) is 4.39 Å². The molecule has 0 unspecified atom stereocenters. The number of halogens is 2. The number of likely N-dealkylation sites (tertiary alicyclic amines) is 1. The van der Waals surface area contributed by atoms with E-state index in [1.54, 1.807) is 12.1 Å². The molecule has 2 aromatic rings. The molecule has 0 aliphatic carbocycles. The minimum Gasteiger partial charge on any atom is -0.491 e. The van der Waals surface area contributed by atoms with Gasteiger partial charge in [0, 0.05) is 29.6 Å². The van der Waals surface area contributed by atoms with E-state index in [1.807, 2.05) is 26.0 Å². The van der Waals surface area contributed by atoms with Crippen LogP contribution in [0.1, 0.15) is 44.2 Å². The molecule has 0 aromatic heterocycles. The predicted molar refractivity (Wildman–Crippen MR) is 123 cm³/mol. The standard InChI is InChI=1S/C25H32ClFN2O2/c1-18(2)31-23-9-5-19(6-10-23)4-3-13-28-25(30)20-11-14-29(15-12-20)17-21-7-8-22(26)16-24(21)27/h5-10,16,18,20H,3-4,11-15,17H2,1-2H3,(H,28,30). The summed E-state index contributed by atoms with van der Waals surface area (Å²) in [5.74, 6) is 0.795. The first-order chi connectivity index (χ1) is 14.9. The summed E-state index contributed by atoms with van der Waals surface area (Å²) in [5, 5.41) is 3.49. The van der Waals surface area contributed by atoms with Gasteiger partial charge in [-0.25, -0.2) is 4.39 Å². The Morgan fingerprint density at radius 2 is 1.90 bits per heavy atom. The molecule has 0 radical (unpaired) electrons. The monoisotopic (exact) mass is 446 g/mol.